The first kappa shape index (κ1) is 14.4. The largest absolute Gasteiger partial charge is 0.487 e. The van der Waals surface area contributed by atoms with Gasteiger partial charge in [0.1, 0.15) is 28.2 Å². The van der Waals surface area contributed by atoms with Crippen LogP contribution in [-0.4, -0.2) is 9.97 Å². The van der Waals surface area contributed by atoms with Crippen molar-refractivity contribution in [2.45, 2.75) is 6.61 Å². The van der Waals surface area contributed by atoms with Gasteiger partial charge in [0, 0.05) is 17.1 Å². The Morgan fingerprint density at radius 3 is 2.67 bits per heavy atom. The molecule has 0 unspecified atom stereocenters. The Balaban J connectivity index is 1.90. The predicted molar refractivity (Wildman–Crippen MR) is 85.3 cm³/mol. The fourth-order valence-electron chi connectivity index (χ4n) is 1.93. The van der Waals surface area contributed by atoms with Gasteiger partial charge in [0.25, 0.3) is 0 Å². The molecular weight excluding hydrogens is 331 g/mol. The molecule has 0 atom stereocenters. The standard InChI is InChI=1S/C15H9Cl3N2O/c16-11-4-5-12(14-10(11)2-1-7-19-14)21-8-9-3-6-13(17)20-15(9)18/h1-7H,8H2. The summed E-state index contributed by atoms with van der Waals surface area (Å²) in [4.78, 5) is 8.29. The van der Waals surface area contributed by atoms with E-state index in [1.165, 1.54) is 0 Å². The summed E-state index contributed by atoms with van der Waals surface area (Å²) >= 11 is 17.9. The predicted octanol–water partition coefficient (Wildman–Crippen LogP) is 5.17. The Kier molecular flexibility index (Phi) is 4.15. The highest BCUT2D eigenvalue weighted by Gasteiger charge is 2.09. The highest BCUT2D eigenvalue weighted by Crippen LogP contribution is 2.30. The second kappa shape index (κ2) is 6.06. The van der Waals surface area contributed by atoms with Crippen LogP contribution in [0.5, 0.6) is 5.75 Å². The van der Waals surface area contributed by atoms with Gasteiger partial charge in [0.2, 0.25) is 0 Å². The van der Waals surface area contributed by atoms with E-state index in [-0.39, 0.29) is 6.61 Å². The fraction of sp³-hybridized carbons (Fsp3) is 0.0667. The Labute approximate surface area is 136 Å². The summed E-state index contributed by atoms with van der Waals surface area (Å²) < 4.78 is 5.79. The molecular formula is C15H9Cl3N2O. The van der Waals surface area contributed by atoms with Gasteiger partial charge in [0.05, 0.1) is 5.02 Å². The molecule has 1 aromatic carbocycles. The summed E-state index contributed by atoms with van der Waals surface area (Å²) in [5.41, 5.74) is 1.46. The lowest BCUT2D eigenvalue weighted by molar-refractivity contribution is 0.309. The van der Waals surface area contributed by atoms with Gasteiger partial charge in [-0.05, 0) is 36.4 Å². The number of halogens is 3. The van der Waals surface area contributed by atoms with Crippen LogP contribution < -0.4 is 4.74 Å². The fourth-order valence-corrected chi connectivity index (χ4v) is 2.55. The van der Waals surface area contributed by atoms with Gasteiger partial charge in [-0.2, -0.15) is 0 Å². The third-order valence-electron chi connectivity index (χ3n) is 2.95. The lowest BCUT2D eigenvalue weighted by Crippen LogP contribution is -1.99. The molecule has 6 heteroatoms. The van der Waals surface area contributed by atoms with E-state index in [9.17, 15) is 0 Å². The van der Waals surface area contributed by atoms with Crippen LogP contribution in [0.4, 0.5) is 0 Å². The van der Waals surface area contributed by atoms with Crippen LogP contribution in [0.15, 0.2) is 42.6 Å². The SMILES string of the molecule is Clc1ccc(COc2ccc(Cl)c3cccnc23)c(Cl)n1. The van der Waals surface area contributed by atoms with Crippen molar-refractivity contribution in [3.63, 3.8) is 0 Å². The molecule has 2 heterocycles. The van der Waals surface area contributed by atoms with Gasteiger partial charge in [0.15, 0.2) is 0 Å². The lowest BCUT2D eigenvalue weighted by atomic mass is 10.2. The smallest absolute Gasteiger partial charge is 0.146 e. The zero-order valence-electron chi connectivity index (χ0n) is 10.7. The molecule has 0 bridgehead atoms. The molecule has 0 amide bonds. The molecule has 21 heavy (non-hydrogen) atoms. The number of fused-ring (bicyclic) bond motifs is 1. The highest BCUT2D eigenvalue weighted by atomic mass is 35.5. The van der Waals surface area contributed by atoms with E-state index < -0.39 is 0 Å². The maximum Gasteiger partial charge on any atom is 0.146 e. The molecule has 0 fully saturated rings. The topological polar surface area (TPSA) is 35.0 Å². The molecule has 0 saturated heterocycles. The van der Waals surface area contributed by atoms with Crippen molar-refractivity contribution < 1.29 is 4.74 Å². The number of aromatic nitrogens is 2. The van der Waals surface area contributed by atoms with Crippen LogP contribution in [0, 0.1) is 0 Å². The number of rotatable bonds is 3. The number of nitrogens with zero attached hydrogens (tertiary/aromatic N) is 2. The van der Waals surface area contributed by atoms with E-state index in [1.54, 1.807) is 30.5 Å². The van der Waals surface area contributed by atoms with Gasteiger partial charge in [-0.15, -0.1) is 0 Å². The zero-order chi connectivity index (χ0) is 14.8. The highest BCUT2D eigenvalue weighted by molar-refractivity contribution is 6.35. The molecule has 0 aliphatic rings. The molecule has 0 radical (unpaired) electrons. The summed E-state index contributed by atoms with van der Waals surface area (Å²) in [5.74, 6) is 0.640. The summed E-state index contributed by atoms with van der Waals surface area (Å²) in [5, 5.41) is 2.16. The van der Waals surface area contributed by atoms with E-state index in [0.29, 0.717) is 26.6 Å². The summed E-state index contributed by atoms with van der Waals surface area (Å²) in [6.07, 6.45) is 1.70. The molecule has 3 aromatic rings. The number of pyridine rings is 2. The first-order valence-corrected chi connectivity index (χ1v) is 7.25. The maximum absolute atomic E-state index is 6.15. The van der Waals surface area contributed by atoms with Crippen molar-refractivity contribution in [3.05, 3.63) is 63.5 Å². The second-order valence-electron chi connectivity index (χ2n) is 4.32. The Morgan fingerprint density at radius 1 is 1.00 bits per heavy atom. The minimum atomic E-state index is 0.274. The average molecular weight is 340 g/mol. The van der Waals surface area contributed by atoms with E-state index in [1.807, 2.05) is 12.1 Å². The Morgan fingerprint density at radius 2 is 1.86 bits per heavy atom. The summed E-state index contributed by atoms with van der Waals surface area (Å²) in [7, 11) is 0. The lowest BCUT2D eigenvalue weighted by Gasteiger charge is -2.10. The van der Waals surface area contributed by atoms with E-state index in [0.717, 1.165) is 10.9 Å². The van der Waals surface area contributed by atoms with Crippen molar-refractivity contribution in [1.82, 2.24) is 9.97 Å². The van der Waals surface area contributed by atoms with Crippen molar-refractivity contribution >= 4 is 45.7 Å². The van der Waals surface area contributed by atoms with Gasteiger partial charge in [-0.3, -0.25) is 4.98 Å². The Hall–Kier alpha value is -1.55. The third-order valence-corrected chi connectivity index (χ3v) is 3.82. The van der Waals surface area contributed by atoms with Crippen LogP contribution in [0.1, 0.15) is 5.56 Å². The molecule has 0 aliphatic heterocycles. The van der Waals surface area contributed by atoms with E-state index in [4.69, 9.17) is 39.5 Å². The number of benzene rings is 1. The van der Waals surface area contributed by atoms with Crippen molar-refractivity contribution in [2.24, 2.45) is 0 Å². The normalized spacial score (nSPS) is 10.8. The minimum Gasteiger partial charge on any atom is -0.487 e. The summed E-state index contributed by atoms with van der Waals surface area (Å²) in [6.45, 7) is 0.274. The van der Waals surface area contributed by atoms with Crippen LogP contribution in [-0.2, 0) is 6.61 Å². The molecule has 0 saturated carbocycles. The van der Waals surface area contributed by atoms with Gasteiger partial charge in [-0.1, -0.05) is 34.8 Å². The monoisotopic (exact) mass is 338 g/mol. The number of hydrogen-bond donors (Lipinski definition) is 0. The quantitative estimate of drug-likeness (QED) is 0.618. The molecule has 3 nitrogen and oxygen atoms in total. The third kappa shape index (κ3) is 3.05. The van der Waals surface area contributed by atoms with E-state index >= 15 is 0 Å². The van der Waals surface area contributed by atoms with Gasteiger partial charge in [-0.25, -0.2) is 4.98 Å². The maximum atomic E-state index is 6.15. The van der Waals surface area contributed by atoms with Crippen molar-refractivity contribution in [3.8, 4) is 5.75 Å². The van der Waals surface area contributed by atoms with E-state index in [2.05, 4.69) is 9.97 Å². The van der Waals surface area contributed by atoms with Gasteiger partial charge < -0.3 is 4.74 Å². The summed E-state index contributed by atoms with van der Waals surface area (Å²) in [6, 6.07) is 10.7. The van der Waals surface area contributed by atoms with Crippen LogP contribution >= 0.6 is 34.8 Å². The first-order valence-electron chi connectivity index (χ1n) is 6.12. The Bertz CT molecular complexity index is 808. The number of hydrogen-bond acceptors (Lipinski definition) is 3. The molecule has 2 aromatic heterocycles. The first-order chi connectivity index (χ1) is 10.1. The molecule has 0 spiro atoms. The van der Waals surface area contributed by atoms with Crippen molar-refractivity contribution in [2.75, 3.05) is 0 Å². The van der Waals surface area contributed by atoms with Crippen molar-refractivity contribution in [1.29, 1.82) is 0 Å². The molecule has 106 valence electrons. The van der Waals surface area contributed by atoms with Crippen LogP contribution in [0.25, 0.3) is 10.9 Å². The average Bonchev–Trinajstić information content (AvgIpc) is 2.48. The molecule has 3 rings (SSSR count). The molecule has 0 aliphatic carbocycles. The molecule has 0 N–H and O–H groups in total. The second-order valence-corrected chi connectivity index (χ2v) is 5.47. The van der Waals surface area contributed by atoms with Crippen LogP contribution in [0.3, 0.4) is 0 Å². The van der Waals surface area contributed by atoms with Gasteiger partial charge >= 0.3 is 0 Å². The zero-order valence-corrected chi connectivity index (χ0v) is 13.0. The minimum absolute atomic E-state index is 0.274. The number of ether oxygens (including phenoxy) is 1. The van der Waals surface area contributed by atoms with Crippen LogP contribution in [0.2, 0.25) is 15.3 Å².